The van der Waals surface area contributed by atoms with E-state index in [0.29, 0.717) is 11.4 Å². The summed E-state index contributed by atoms with van der Waals surface area (Å²) in [5.41, 5.74) is 0.759. The molecule has 7 heteroatoms. The van der Waals surface area contributed by atoms with Crippen molar-refractivity contribution in [2.24, 2.45) is 0 Å². The lowest BCUT2D eigenvalue weighted by atomic mass is 10.3. The first-order valence-electron chi connectivity index (χ1n) is 4.74. The van der Waals surface area contributed by atoms with Crippen molar-refractivity contribution >= 4 is 5.97 Å². The molecule has 0 atom stereocenters. The molecule has 0 unspecified atom stereocenters. The van der Waals surface area contributed by atoms with Gasteiger partial charge < -0.3 is 18.4 Å². The second-order valence-electron chi connectivity index (χ2n) is 3.10. The fraction of sp³-hybridized carbons (Fsp3) is 0.300. The van der Waals surface area contributed by atoms with Gasteiger partial charge in [-0.15, -0.1) is 0 Å². The van der Waals surface area contributed by atoms with Crippen LogP contribution in [0.25, 0.3) is 11.6 Å². The van der Waals surface area contributed by atoms with Gasteiger partial charge in [0.2, 0.25) is 11.7 Å². The number of hydrogen-bond acceptors (Lipinski definition) is 7. The molecule has 0 aliphatic carbocycles. The Bertz CT molecular complexity index is 503. The maximum atomic E-state index is 11.4. The average molecular weight is 238 g/mol. The van der Waals surface area contributed by atoms with Gasteiger partial charge in [0, 0.05) is 13.2 Å². The van der Waals surface area contributed by atoms with E-state index in [4.69, 9.17) is 9.15 Å². The van der Waals surface area contributed by atoms with Crippen LogP contribution in [0.3, 0.4) is 0 Å². The molecule has 0 aliphatic rings. The molecule has 2 heterocycles. The lowest BCUT2D eigenvalue weighted by Crippen LogP contribution is -2.04. The number of methoxy groups -OCH3 is 2. The van der Waals surface area contributed by atoms with Crippen molar-refractivity contribution in [2.45, 2.75) is 6.61 Å². The molecule has 2 rings (SSSR count). The first-order chi connectivity index (χ1) is 8.26. The van der Waals surface area contributed by atoms with Gasteiger partial charge in [0.1, 0.15) is 12.0 Å². The predicted molar refractivity (Wildman–Crippen MR) is 54.1 cm³/mol. The van der Waals surface area contributed by atoms with Crippen molar-refractivity contribution in [2.75, 3.05) is 14.2 Å². The van der Waals surface area contributed by atoms with E-state index in [1.807, 2.05) is 0 Å². The molecule has 0 radical (unpaired) electrons. The van der Waals surface area contributed by atoms with Crippen molar-refractivity contribution in [1.82, 2.24) is 10.1 Å². The Morgan fingerprint density at radius 1 is 1.47 bits per heavy atom. The van der Waals surface area contributed by atoms with E-state index in [1.54, 1.807) is 6.07 Å². The summed E-state index contributed by atoms with van der Waals surface area (Å²) in [6, 6.07) is 1.57. The Labute approximate surface area is 96.3 Å². The van der Waals surface area contributed by atoms with Crippen molar-refractivity contribution in [3.8, 4) is 11.6 Å². The zero-order valence-corrected chi connectivity index (χ0v) is 9.30. The van der Waals surface area contributed by atoms with Crippen LogP contribution < -0.4 is 0 Å². The summed E-state index contributed by atoms with van der Waals surface area (Å²) < 4.78 is 19.4. The number of rotatable bonds is 4. The Balaban J connectivity index is 2.40. The molecule has 0 bridgehead atoms. The van der Waals surface area contributed by atoms with Crippen LogP contribution in [0.1, 0.15) is 16.2 Å². The van der Waals surface area contributed by atoms with Crippen LogP contribution in [0.15, 0.2) is 21.3 Å². The van der Waals surface area contributed by atoms with Gasteiger partial charge in [-0.1, -0.05) is 5.16 Å². The van der Waals surface area contributed by atoms with Gasteiger partial charge in [-0.25, -0.2) is 9.78 Å². The molecular weight excluding hydrogens is 228 g/mol. The third-order valence-corrected chi connectivity index (χ3v) is 2.01. The molecule has 0 amide bonds. The number of ether oxygens (including phenoxy) is 2. The summed E-state index contributed by atoms with van der Waals surface area (Å²) in [6.45, 7) is 0.145. The maximum absolute atomic E-state index is 11.4. The number of oxazole rings is 1. The zero-order chi connectivity index (χ0) is 12.3. The smallest absolute Gasteiger partial charge is 0.376 e. The summed E-state index contributed by atoms with van der Waals surface area (Å²) in [6.07, 6.45) is 1.38. The second kappa shape index (κ2) is 4.79. The molecule has 0 aliphatic heterocycles. The van der Waals surface area contributed by atoms with Crippen LogP contribution in [0.5, 0.6) is 0 Å². The largest absolute Gasteiger partial charge is 0.463 e. The molecule has 2 aromatic rings. The maximum Gasteiger partial charge on any atom is 0.376 e. The fourth-order valence-electron chi connectivity index (χ4n) is 1.27. The van der Waals surface area contributed by atoms with Crippen molar-refractivity contribution in [1.29, 1.82) is 0 Å². The Morgan fingerprint density at radius 2 is 2.29 bits per heavy atom. The van der Waals surface area contributed by atoms with E-state index in [2.05, 4.69) is 19.4 Å². The highest BCUT2D eigenvalue weighted by Crippen LogP contribution is 2.21. The third-order valence-electron chi connectivity index (χ3n) is 2.01. The first kappa shape index (κ1) is 11.3. The monoisotopic (exact) mass is 238 g/mol. The van der Waals surface area contributed by atoms with Crippen molar-refractivity contribution < 1.29 is 23.2 Å². The van der Waals surface area contributed by atoms with Gasteiger partial charge in [0.25, 0.3) is 0 Å². The standard InChI is InChI=1S/C10H10N2O5/c1-14-5-7-8(10(13)15-2)17-9(11-7)6-3-4-16-12-6/h3-4H,5H2,1-2H3. The van der Waals surface area contributed by atoms with Crippen LogP contribution in [-0.2, 0) is 16.1 Å². The topological polar surface area (TPSA) is 87.6 Å². The highest BCUT2D eigenvalue weighted by Gasteiger charge is 2.22. The first-order valence-corrected chi connectivity index (χ1v) is 4.74. The Hall–Kier alpha value is -2.15. The minimum Gasteiger partial charge on any atom is -0.463 e. The van der Waals surface area contributed by atoms with Crippen LogP contribution in [0.2, 0.25) is 0 Å². The minimum atomic E-state index is -0.612. The van der Waals surface area contributed by atoms with E-state index in [-0.39, 0.29) is 18.3 Å². The number of carbonyl (C=O) groups excluding carboxylic acids is 1. The van der Waals surface area contributed by atoms with Crippen LogP contribution >= 0.6 is 0 Å². The third kappa shape index (κ3) is 2.18. The summed E-state index contributed by atoms with van der Waals surface area (Å²) in [5, 5.41) is 3.66. The van der Waals surface area contributed by atoms with E-state index < -0.39 is 5.97 Å². The lowest BCUT2D eigenvalue weighted by molar-refractivity contribution is 0.0559. The molecule has 90 valence electrons. The summed E-state index contributed by atoms with van der Waals surface area (Å²) in [4.78, 5) is 15.5. The van der Waals surface area contributed by atoms with Gasteiger partial charge >= 0.3 is 5.97 Å². The SMILES string of the molecule is COCc1nc(-c2ccon2)oc1C(=O)OC. The zero-order valence-electron chi connectivity index (χ0n) is 9.30. The van der Waals surface area contributed by atoms with E-state index in [9.17, 15) is 4.79 Å². The molecule has 7 nitrogen and oxygen atoms in total. The highest BCUT2D eigenvalue weighted by atomic mass is 16.5. The number of hydrogen-bond donors (Lipinski definition) is 0. The average Bonchev–Trinajstić information content (AvgIpc) is 2.96. The molecule has 0 fully saturated rings. The molecular formula is C10H10N2O5. The van der Waals surface area contributed by atoms with Gasteiger partial charge in [0.05, 0.1) is 13.7 Å². The van der Waals surface area contributed by atoms with E-state index >= 15 is 0 Å². The molecule has 0 saturated carbocycles. The second-order valence-corrected chi connectivity index (χ2v) is 3.10. The van der Waals surface area contributed by atoms with Crippen molar-refractivity contribution in [3.05, 3.63) is 23.8 Å². The molecule has 0 N–H and O–H groups in total. The van der Waals surface area contributed by atoms with Gasteiger partial charge in [-0.05, 0) is 0 Å². The predicted octanol–water partition coefficient (Wildman–Crippen LogP) is 1.26. The summed E-state index contributed by atoms with van der Waals surface area (Å²) in [5.74, 6) is -0.419. The quantitative estimate of drug-likeness (QED) is 0.741. The van der Waals surface area contributed by atoms with E-state index in [1.165, 1.54) is 20.5 Å². The fourth-order valence-corrected chi connectivity index (χ4v) is 1.27. The minimum absolute atomic E-state index is 0.00681. The van der Waals surface area contributed by atoms with E-state index in [0.717, 1.165) is 0 Å². The van der Waals surface area contributed by atoms with Crippen LogP contribution in [0, 0.1) is 0 Å². The molecule has 0 aromatic carbocycles. The van der Waals surface area contributed by atoms with Crippen molar-refractivity contribution in [3.63, 3.8) is 0 Å². The summed E-state index contributed by atoms with van der Waals surface area (Å²) in [7, 11) is 2.75. The number of esters is 1. The summed E-state index contributed by atoms with van der Waals surface area (Å²) >= 11 is 0. The highest BCUT2D eigenvalue weighted by molar-refractivity contribution is 5.87. The van der Waals surface area contributed by atoms with Crippen LogP contribution in [0.4, 0.5) is 0 Å². The van der Waals surface area contributed by atoms with Gasteiger partial charge in [-0.3, -0.25) is 0 Å². The lowest BCUT2D eigenvalue weighted by Gasteiger charge is -1.96. The number of carbonyl (C=O) groups is 1. The molecule has 0 saturated heterocycles. The molecule has 2 aromatic heterocycles. The van der Waals surface area contributed by atoms with Gasteiger partial charge in [0.15, 0.2) is 5.69 Å². The number of aromatic nitrogens is 2. The Morgan fingerprint density at radius 3 is 2.88 bits per heavy atom. The molecule has 17 heavy (non-hydrogen) atoms. The normalized spacial score (nSPS) is 10.5. The Kier molecular flexibility index (Phi) is 3.20. The van der Waals surface area contributed by atoms with Crippen LogP contribution in [-0.4, -0.2) is 30.3 Å². The van der Waals surface area contributed by atoms with Gasteiger partial charge in [-0.2, -0.15) is 0 Å². The molecule has 0 spiro atoms. The number of nitrogens with zero attached hydrogens (tertiary/aromatic N) is 2.